The van der Waals surface area contributed by atoms with Crippen LogP contribution in [0.4, 0.5) is 5.13 Å². The number of amides is 1. The van der Waals surface area contributed by atoms with E-state index in [0.29, 0.717) is 17.1 Å². The molecule has 3 aromatic heterocycles. The van der Waals surface area contributed by atoms with E-state index in [1.54, 1.807) is 25.4 Å². The van der Waals surface area contributed by atoms with Crippen molar-refractivity contribution in [2.45, 2.75) is 37.8 Å². The third kappa shape index (κ3) is 4.05. The second-order valence-corrected chi connectivity index (χ2v) is 7.70. The minimum absolute atomic E-state index is 0.0324. The van der Waals surface area contributed by atoms with Gasteiger partial charge in [-0.25, -0.2) is 9.97 Å². The first-order valence-electron chi connectivity index (χ1n) is 9.19. The molecular formula is C19H21N5O3S. The van der Waals surface area contributed by atoms with Crippen LogP contribution in [0, 0.1) is 0 Å². The minimum atomic E-state index is -0.339. The van der Waals surface area contributed by atoms with Gasteiger partial charge >= 0.3 is 0 Å². The maximum absolute atomic E-state index is 11.7. The van der Waals surface area contributed by atoms with Gasteiger partial charge in [0.15, 0.2) is 10.8 Å². The number of aliphatic hydroxyl groups is 1. The van der Waals surface area contributed by atoms with Gasteiger partial charge in [-0.3, -0.25) is 9.78 Å². The summed E-state index contributed by atoms with van der Waals surface area (Å²) >= 11 is 1.48. The Labute approximate surface area is 166 Å². The van der Waals surface area contributed by atoms with E-state index >= 15 is 0 Å². The lowest BCUT2D eigenvalue weighted by atomic mass is 9.93. The zero-order chi connectivity index (χ0) is 19.5. The number of nitrogens with zero attached hydrogens (tertiary/aromatic N) is 3. The Kier molecular flexibility index (Phi) is 5.36. The fourth-order valence-corrected chi connectivity index (χ4v) is 4.14. The number of aromatic nitrogens is 3. The van der Waals surface area contributed by atoms with Gasteiger partial charge in [-0.15, -0.1) is 0 Å². The number of rotatable bonds is 5. The van der Waals surface area contributed by atoms with Crippen molar-refractivity contribution in [2.75, 3.05) is 12.4 Å². The lowest BCUT2D eigenvalue weighted by molar-refractivity contribution is 0.0957. The first kappa shape index (κ1) is 18.6. The van der Waals surface area contributed by atoms with E-state index in [1.807, 2.05) is 6.07 Å². The van der Waals surface area contributed by atoms with Crippen LogP contribution in [0.5, 0.6) is 11.5 Å². The molecular weight excluding hydrogens is 378 g/mol. The lowest BCUT2D eigenvalue weighted by Crippen LogP contribution is -2.36. The highest BCUT2D eigenvalue weighted by Gasteiger charge is 2.23. The van der Waals surface area contributed by atoms with Crippen molar-refractivity contribution >= 4 is 32.7 Å². The van der Waals surface area contributed by atoms with Crippen LogP contribution in [0.2, 0.25) is 0 Å². The van der Waals surface area contributed by atoms with E-state index in [0.717, 1.165) is 35.5 Å². The second-order valence-electron chi connectivity index (χ2n) is 6.67. The van der Waals surface area contributed by atoms with E-state index in [2.05, 4.69) is 25.6 Å². The molecule has 2 atom stereocenters. The summed E-state index contributed by atoms with van der Waals surface area (Å²) in [5, 5.41) is 16.8. The van der Waals surface area contributed by atoms with Gasteiger partial charge in [-0.1, -0.05) is 24.2 Å². The molecule has 28 heavy (non-hydrogen) atoms. The fourth-order valence-electron chi connectivity index (χ4n) is 3.22. The summed E-state index contributed by atoms with van der Waals surface area (Å²) in [5.74, 6) is 0.777. The van der Waals surface area contributed by atoms with E-state index in [9.17, 15) is 9.90 Å². The predicted octanol–water partition coefficient (Wildman–Crippen LogP) is 2.95. The number of hydrogen-bond donors (Lipinski definition) is 3. The number of aliphatic hydroxyl groups excluding tert-OH is 1. The summed E-state index contributed by atoms with van der Waals surface area (Å²) in [6, 6.07) is 5.15. The van der Waals surface area contributed by atoms with Crippen molar-refractivity contribution in [3.05, 3.63) is 36.3 Å². The van der Waals surface area contributed by atoms with Crippen LogP contribution in [0.15, 0.2) is 30.6 Å². The molecule has 0 aromatic carbocycles. The Morgan fingerprint density at radius 1 is 1.25 bits per heavy atom. The number of thiazole rings is 1. The molecule has 9 heteroatoms. The highest BCUT2D eigenvalue weighted by molar-refractivity contribution is 7.22. The van der Waals surface area contributed by atoms with Gasteiger partial charge in [-0.2, -0.15) is 0 Å². The molecule has 0 bridgehead atoms. The zero-order valence-electron chi connectivity index (χ0n) is 15.4. The van der Waals surface area contributed by atoms with Gasteiger partial charge in [-0.05, 0) is 18.9 Å². The highest BCUT2D eigenvalue weighted by Crippen LogP contribution is 2.31. The highest BCUT2D eigenvalue weighted by atomic mass is 32.1. The van der Waals surface area contributed by atoms with Crippen LogP contribution in [-0.2, 0) is 0 Å². The monoisotopic (exact) mass is 399 g/mol. The van der Waals surface area contributed by atoms with Crippen molar-refractivity contribution in [3.8, 4) is 11.5 Å². The molecule has 0 aliphatic heterocycles. The number of pyridine rings is 2. The first-order valence-corrected chi connectivity index (χ1v) is 10.0. The molecule has 1 saturated carbocycles. The molecule has 1 amide bonds. The molecule has 146 valence electrons. The number of hydrogen-bond acceptors (Lipinski definition) is 8. The van der Waals surface area contributed by atoms with E-state index in [1.165, 1.54) is 17.5 Å². The van der Waals surface area contributed by atoms with Gasteiger partial charge in [0.1, 0.15) is 17.2 Å². The second kappa shape index (κ2) is 8.07. The third-order valence-electron chi connectivity index (χ3n) is 4.69. The molecule has 1 aliphatic rings. The standard InChI is InChI=1S/C19H21N5O3S/c1-20-18(26)14-8-11(6-7-21-14)27-12-9-16-17(22-10-12)24-19(28-16)23-13-4-2-3-5-15(13)25/h6-10,13,15,25H,2-5H2,1H3,(H,20,26)(H,22,23,24)/t13-,15-/m1/s1. The third-order valence-corrected chi connectivity index (χ3v) is 5.61. The molecule has 0 saturated heterocycles. The van der Waals surface area contributed by atoms with Crippen LogP contribution >= 0.6 is 11.3 Å². The zero-order valence-corrected chi connectivity index (χ0v) is 16.2. The molecule has 3 aromatic rings. The van der Waals surface area contributed by atoms with Crippen molar-refractivity contribution in [3.63, 3.8) is 0 Å². The Hall–Kier alpha value is -2.78. The quantitative estimate of drug-likeness (QED) is 0.605. The molecule has 3 heterocycles. The van der Waals surface area contributed by atoms with Gasteiger partial charge in [0.25, 0.3) is 5.91 Å². The SMILES string of the molecule is CNC(=O)c1cc(Oc2cnc3nc(N[C@@H]4CCCC[C@H]4O)sc3c2)ccn1. The maximum atomic E-state index is 11.7. The largest absolute Gasteiger partial charge is 0.456 e. The topological polar surface area (TPSA) is 109 Å². The Bertz CT molecular complexity index is 993. The average Bonchev–Trinajstić information content (AvgIpc) is 3.11. The summed E-state index contributed by atoms with van der Waals surface area (Å²) < 4.78 is 6.71. The van der Waals surface area contributed by atoms with Gasteiger partial charge in [0.05, 0.1) is 23.0 Å². The van der Waals surface area contributed by atoms with E-state index in [-0.39, 0.29) is 23.7 Å². The van der Waals surface area contributed by atoms with Gasteiger partial charge in [0, 0.05) is 25.4 Å². The molecule has 0 radical (unpaired) electrons. The fraction of sp³-hybridized carbons (Fsp3) is 0.368. The Morgan fingerprint density at radius 3 is 2.93 bits per heavy atom. The predicted molar refractivity (Wildman–Crippen MR) is 107 cm³/mol. The average molecular weight is 399 g/mol. The van der Waals surface area contributed by atoms with E-state index in [4.69, 9.17) is 4.74 Å². The molecule has 4 rings (SSSR count). The van der Waals surface area contributed by atoms with Gasteiger partial charge in [0.2, 0.25) is 0 Å². The summed E-state index contributed by atoms with van der Waals surface area (Å²) in [4.78, 5) is 24.6. The summed E-state index contributed by atoms with van der Waals surface area (Å²) in [7, 11) is 1.55. The number of carbonyl (C=O) groups is 1. The molecule has 0 spiro atoms. The van der Waals surface area contributed by atoms with Crippen molar-refractivity contribution in [2.24, 2.45) is 0 Å². The molecule has 1 aliphatic carbocycles. The maximum Gasteiger partial charge on any atom is 0.269 e. The van der Waals surface area contributed by atoms with Gasteiger partial charge < -0.3 is 20.5 Å². The summed E-state index contributed by atoms with van der Waals surface area (Å²) in [6.45, 7) is 0. The van der Waals surface area contributed by atoms with Crippen LogP contribution in [-0.4, -0.2) is 45.2 Å². The minimum Gasteiger partial charge on any atom is -0.456 e. The Morgan fingerprint density at radius 2 is 2.11 bits per heavy atom. The lowest BCUT2D eigenvalue weighted by Gasteiger charge is -2.27. The smallest absolute Gasteiger partial charge is 0.269 e. The number of anilines is 1. The number of carbonyl (C=O) groups excluding carboxylic acids is 1. The molecule has 3 N–H and O–H groups in total. The number of ether oxygens (including phenoxy) is 1. The molecule has 0 unspecified atom stereocenters. The first-order chi connectivity index (χ1) is 13.6. The molecule has 8 nitrogen and oxygen atoms in total. The van der Waals surface area contributed by atoms with Crippen LogP contribution in [0.3, 0.4) is 0 Å². The van der Waals surface area contributed by atoms with Crippen molar-refractivity contribution < 1.29 is 14.6 Å². The van der Waals surface area contributed by atoms with Crippen LogP contribution < -0.4 is 15.4 Å². The summed E-state index contributed by atoms with van der Waals surface area (Å²) in [6.07, 6.45) is 6.72. The van der Waals surface area contributed by atoms with E-state index < -0.39 is 0 Å². The van der Waals surface area contributed by atoms with Crippen molar-refractivity contribution in [1.29, 1.82) is 0 Å². The Balaban J connectivity index is 1.51. The van der Waals surface area contributed by atoms with Crippen LogP contribution in [0.25, 0.3) is 10.3 Å². The van der Waals surface area contributed by atoms with Crippen molar-refractivity contribution in [1.82, 2.24) is 20.3 Å². The summed E-state index contributed by atoms with van der Waals surface area (Å²) in [5.41, 5.74) is 0.912. The number of nitrogens with one attached hydrogen (secondary N) is 2. The molecule has 1 fully saturated rings. The number of fused-ring (bicyclic) bond motifs is 1. The normalized spacial score (nSPS) is 19.4. The van der Waals surface area contributed by atoms with Crippen LogP contribution in [0.1, 0.15) is 36.2 Å².